The Morgan fingerprint density at radius 3 is 2.92 bits per heavy atom. The molecule has 0 saturated carbocycles. The third-order valence-corrected chi connectivity index (χ3v) is 7.42. The molecule has 1 atom stereocenters. The van der Waals surface area contributed by atoms with Gasteiger partial charge < -0.3 is 9.73 Å². The van der Waals surface area contributed by atoms with Crippen LogP contribution in [0.15, 0.2) is 44.5 Å². The van der Waals surface area contributed by atoms with E-state index in [1.54, 1.807) is 35.9 Å². The number of piperidine rings is 1. The minimum Gasteiger partial charge on any atom is -0.467 e. The van der Waals surface area contributed by atoms with Gasteiger partial charge in [-0.15, -0.1) is 11.3 Å². The van der Waals surface area contributed by atoms with Crippen LogP contribution in [0.3, 0.4) is 0 Å². The van der Waals surface area contributed by atoms with Crippen molar-refractivity contribution >= 4 is 27.3 Å². The molecule has 0 radical (unpaired) electrons. The maximum absolute atomic E-state index is 12.8. The van der Waals surface area contributed by atoms with Crippen LogP contribution in [-0.4, -0.2) is 31.2 Å². The average molecular weight is 368 g/mol. The highest BCUT2D eigenvalue weighted by atomic mass is 32.2. The highest BCUT2D eigenvalue weighted by Crippen LogP contribution is 2.29. The van der Waals surface area contributed by atoms with Crippen molar-refractivity contribution in [2.45, 2.75) is 42.5 Å². The lowest BCUT2D eigenvalue weighted by atomic mass is 10.0. The van der Waals surface area contributed by atoms with E-state index in [-0.39, 0.29) is 18.4 Å². The van der Waals surface area contributed by atoms with Crippen molar-refractivity contribution < 1.29 is 17.6 Å². The van der Waals surface area contributed by atoms with Crippen molar-refractivity contribution in [3.63, 3.8) is 0 Å². The van der Waals surface area contributed by atoms with Gasteiger partial charge in [-0.3, -0.25) is 4.79 Å². The Balaban J connectivity index is 1.65. The number of hydrogen-bond donors (Lipinski definition) is 1. The number of carbonyl (C=O) groups excluding carboxylic acids is 1. The van der Waals surface area contributed by atoms with Crippen molar-refractivity contribution in [1.29, 1.82) is 0 Å². The van der Waals surface area contributed by atoms with Crippen LogP contribution in [0.4, 0.5) is 0 Å². The second kappa shape index (κ2) is 7.50. The number of hydrogen-bond acceptors (Lipinski definition) is 5. The van der Waals surface area contributed by atoms with Gasteiger partial charge in [0.25, 0.3) is 10.0 Å². The molecule has 0 aliphatic carbocycles. The molecule has 0 unspecified atom stereocenters. The fraction of sp³-hybridized carbons (Fsp3) is 0.438. The number of nitrogens with one attached hydrogen (secondary N) is 1. The second-order valence-corrected chi connectivity index (χ2v) is 8.82. The maximum Gasteiger partial charge on any atom is 0.252 e. The van der Waals surface area contributed by atoms with Gasteiger partial charge in [-0.25, -0.2) is 8.42 Å². The van der Waals surface area contributed by atoms with Gasteiger partial charge >= 0.3 is 0 Å². The molecule has 0 spiro atoms. The molecule has 0 aromatic carbocycles. The number of thiophene rings is 1. The van der Waals surface area contributed by atoms with E-state index >= 15 is 0 Å². The molecule has 1 aliphatic heterocycles. The largest absolute Gasteiger partial charge is 0.467 e. The molecule has 1 amide bonds. The molecule has 1 N–H and O–H groups in total. The fourth-order valence-electron chi connectivity index (χ4n) is 2.91. The number of rotatable bonds is 6. The summed E-state index contributed by atoms with van der Waals surface area (Å²) in [5, 5.41) is 4.54. The monoisotopic (exact) mass is 368 g/mol. The number of sulfonamides is 1. The number of carbonyl (C=O) groups is 1. The van der Waals surface area contributed by atoms with Gasteiger partial charge in [-0.05, 0) is 36.4 Å². The minimum atomic E-state index is -3.52. The quantitative estimate of drug-likeness (QED) is 0.850. The lowest BCUT2D eigenvalue weighted by molar-refractivity contribution is -0.122. The summed E-state index contributed by atoms with van der Waals surface area (Å²) >= 11 is 1.21. The molecule has 6 nitrogen and oxygen atoms in total. The third kappa shape index (κ3) is 3.88. The molecule has 3 heterocycles. The molecule has 0 bridgehead atoms. The summed E-state index contributed by atoms with van der Waals surface area (Å²) in [6.07, 6.45) is 4.20. The number of nitrogens with zero attached hydrogens (tertiary/aromatic N) is 1. The molecule has 1 fully saturated rings. The Bertz CT molecular complexity index is 754. The molecule has 130 valence electrons. The van der Waals surface area contributed by atoms with Crippen molar-refractivity contribution in [2.24, 2.45) is 0 Å². The van der Waals surface area contributed by atoms with E-state index in [2.05, 4.69) is 5.32 Å². The summed E-state index contributed by atoms with van der Waals surface area (Å²) in [6.45, 7) is 0.784. The normalized spacial score (nSPS) is 19.2. The van der Waals surface area contributed by atoms with Crippen LogP contribution in [-0.2, 0) is 21.4 Å². The molecule has 1 saturated heterocycles. The maximum atomic E-state index is 12.8. The van der Waals surface area contributed by atoms with E-state index in [1.165, 1.54) is 15.6 Å². The summed E-state index contributed by atoms with van der Waals surface area (Å²) in [5.41, 5.74) is 0. The summed E-state index contributed by atoms with van der Waals surface area (Å²) in [6, 6.07) is 6.60. The number of amides is 1. The van der Waals surface area contributed by atoms with Gasteiger partial charge in [0.1, 0.15) is 9.97 Å². The predicted molar refractivity (Wildman–Crippen MR) is 91.0 cm³/mol. The van der Waals surface area contributed by atoms with Crippen LogP contribution < -0.4 is 5.32 Å². The summed E-state index contributed by atoms with van der Waals surface area (Å²) in [4.78, 5) is 12.2. The molecule has 24 heavy (non-hydrogen) atoms. The van der Waals surface area contributed by atoms with Crippen LogP contribution in [0.2, 0.25) is 0 Å². The smallest absolute Gasteiger partial charge is 0.252 e. The van der Waals surface area contributed by atoms with E-state index in [0.29, 0.717) is 29.5 Å². The van der Waals surface area contributed by atoms with Gasteiger partial charge in [0.15, 0.2) is 0 Å². The summed E-state index contributed by atoms with van der Waals surface area (Å²) in [5.74, 6) is 0.514. The highest BCUT2D eigenvalue weighted by Gasteiger charge is 2.35. The lowest BCUT2D eigenvalue weighted by Crippen LogP contribution is -2.45. The molecular formula is C16H20N2O4S2. The van der Waals surface area contributed by atoms with Crippen LogP contribution in [0, 0.1) is 0 Å². The van der Waals surface area contributed by atoms with Crippen LogP contribution >= 0.6 is 11.3 Å². The van der Waals surface area contributed by atoms with E-state index in [9.17, 15) is 13.2 Å². The molecule has 1 aliphatic rings. The third-order valence-electron chi connectivity index (χ3n) is 4.09. The Hall–Kier alpha value is -1.64. The molecule has 8 heteroatoms. The topological polar surface area (TPSA) is 79.6 Å². The first-order chi connectivity index (χ1) is 11.6. The van der Waals surface area contributed by atoms with Crippen molar-refractivity contribution in [1.82, 2.24) is 9.62 Å². The van der Waals surface area contributed by atoms with Crippen molar-refractivity contribution in [3.8, 4) is 0 Å². The molecule has 3 rings (SSSR count). The number of furan rings is 1. The second-order valence-electron chi connectivity index (χ2n) is 5.76. The predicted octanol–water partition coefficient (Wildman–Crippen LogP) is 2.59. The zero-order chi connectivity index (χ0) is 17.0. The Labute approximate surface area is 145 Å². The average Bonchev–Trinajstić information content (AvgIpc) is 3.27. The van der Waals surface area contributed by atoms with Crippen LogP contribution in [0.1, 0.15) is 31.4 Å². The first-order valence-electron chi connectivity index (χ1n) is 7.92. The van der Waals surface area contributed by atoms with Crippen LogP contribution in [0.25, 0.3) is 0 Å². The molecular weight excluding hydrogens is 348 g/mol. The van der Waals surface area contributed by atoms with Crippen molar-refractivity contribution in [3.05, 3.63) is 41.7 Å². The Morgan fingerprint density at radius 2 is 2.21 bits per heavy atom. The summed E-state index contributed by atoms with van der Waals surface area (Å²) in [7, 11) is -3.52. The minimum absolute atomic E-state index is 0.162. The van der Waals surface area contributed by atoms with E-state index in [0.717, 1.165) is 12.8 Å². The first-order valence-corrected chi connectivity index (χ1v) is 10.2. The zero-order valence-electron chi connectivity index (χ0n) is 13.2. The first kappa shape index (κ1) is 17.2. The van der Waals surface area contributed by atoms with Gasteiger partial charge in [0.05, 0.1) is 12.8 Å². The Kier molecular flexibility index (Phi) is 5.37. The fourth-order valence-corrected chi connectivity index (χ4v) is 5.72. The SMILES string of the molecule is O=C(C[C@@H]1CCCCN1S(=O)(=O)c1cccs1)NCc1ccco1. The van der Waals surface area contributed by atoms with Crippen molar-refractivity contribution in [2.75, 3.05) is 6.54 Å². The Morgan fingerprint density at radius 1 is 1.33 bits per heavy atom. The van der Waals surface area contributed by atoms with Gasteiger partial charge in [0.2, 0.25) is 5.91 Å². The van der Waals surface area contributed by atoms with E-state index in [1.807, 2.05) is 0 Å². The van der Waals surface area contributed by atoms with Crippen LogP contribution in [0.5, 0.6) is 0 Å². The lowest BCUT2D eigenvalue weighted by Gasteiger charge is -2.33. The van der Waals surface area contributed by atoms with Gasteiger partial charge in [-0.2, -0.15) is 4.31 Å². The van der Waals surface area contributed by atoms with Gasteiger partial charge in [0, 0.05) is 19.0 Å². The standard InChI is InChI=1S/C16H20N2O4S2/c19-15(17-12-14-6-3-9-22-14)11-13-5-1-2-8-18(13)24(20,21)16-7-4-10-23-16/h3-4,6-7,9-10,13H,1-2,5,8,11-12H2,(H,17,19)/t13-/m0/s1. The van der Waals surface area contributed by atoms with E-state index in [4.69, 9.17) is 4.42 Å². The molecule has 2 aromatic rings. The molecule has 2 aromatic heterocycles. The highest BCUT2D eigenvalue weighted by molar-refractivity contribution is 7.91. The van der Waals surface area contributed by atoms with E-state index < -0.39 is 10.0 Å². The van der Waals surface area contributed by atoms with Gasteiger partial charge in [-0.1, -0.05) is 12.5 Å². The zero-order valence-corrected chi connectivity index (χ0v) is 14.8. The summed E-state index contributed by atoms with van der Waals surface area (Å²) < 4.78 is 32.6.